The van der Waals surface area contributed by atoms with Gasteiger partial charge in [-0.1, -0.05) is 29.8 Å². The van der Waals surface area contributed by atoms with Crippen LogP contribution in [0.5, 0.6) is 5.75 Å². The fourth-order valence-corrected chi connectivity index (χ4v) is 4.61. The molecule has 24 heavy (non-hydrogen) atoms. The third-order valence-electron chi connectivity index (χ3n) is 4.56. The van der Waals surface area contributed by atoms with E-state index in [1.807, 2.05) is 24.3 Å². The predicted molar refractivity (Wildman–Crippen MR) is 104 cm³/mol. The van der Waals surface area contributed by atoms with Crippen molar-refractivity contribution in [2.75, 3.05) is 11.2 Å². The van der Waals surface area contributed by atoms with E-state index in [2.05, 4.69) is 41.6 Å². The van der Waals surface area contributed by atoms with Crippen molar-refractivity contribution < 1.29 is 4.74 Å². The molecule has 4 rings (SSSR count). The van der Waals surface area contributed by atoms with Gasteiger partial charge >= 0.3 is 0 Å². The largest absolute Gasteiger partial charge is 0.466 e. The average Bonchev–Trinajstić information content (AvgIpc) is 2.55. The zero-order valence-electron chi connectivity index (χ0n) is 13.4. The number of nitrogens with one attached hydrogen (secondary N) is 1. The second-order valence-corrected chi connectivity index (χ2v) is 7.85. The maximum atomic E-state index is 6.39. The Balaban J connectivity index is 1.81. The van der Waals surface area contributed by atoms with Crippen molar-refractivity contribution in [2.24, 2.45) is 0 Å². The summed E-state index contributed by atoms with van der Waals surface area (Å²) < 4.78 is 6.39. The van der Waals surface area contributed by atoms with Gasteiger partial charge in [-0.05, 0) is 49.7 Å². The fourth-order valence-electron chi connectivity index (χ4n) is 3.49. The molecule has 6 heteroatoms. The first-order valence-corrected chi connectivity index (χ1v) is 9.75. The van der Waals surface area contributed by atoms with Gasteiger partial charge in [0.2, 0.25) is 0 Å². The van der Waals surface area contributed by atoms with Gasteiger partial charge in [0.05, 0.1) is 11.1 Å². The maximum Gasteiger partial charge on any atom is 0.188 e. The summed E-state index contributed by atoms with van der Waals surface area (Å²) in [5, 5.41) is 4.77. The molecule has 0 amide bonds. The van der Waals surface area contributed by atoms with Crippen LogP contribution in [-0.2, 0) is 0 Å². The van der Waals surface area contributed by atoms with Gasteiger partial charge in [-0.25, -0.2) is 0 Å². The smallest absolute Gasteiger partial charge is 0.188 e. The van der Waals surface area contributed by atoms with Crippen LogP contribution in [0.25, 0.3) is 0 Å². The zero-order valence-corrected chi connectivity index (χ0v) is 15.8. The van der Waals surface area contributed by atoms with E-state index in [0.717, 1.165) is 23.4 Å². The van der Waals surface area contributed by atoms with Gasteiger partial charge in [0, 0.05) is 22.6 Å². The third kappa shape index (κ3) is 2.46. The first-order valence-electron chi connectivity index (χ1n) is 7.74. The number of fused-ring (bicyclic) bond motifs is 4. The lowest BCUT2D eigenvalue weighted by Gasteiger charge is -2.52. The summed E-state index contributed by atoms with van der Waals surface area (Å²) in [6, 6.07) is 14.3. The number of nitrogens with zero attached hydrogens (tertiary/aromatic N) is 1. The van der Waals surface area contributed by atoms with Gasteiger partial charge in [0.15, 0.2) is 10.8 Å². The summed E-state index contributed by atoms with van der Waals surface area (Å²) >= 11 is 13.8. The van der Waals surface area contributed by atoms with Gasteiger partial charge in [0.25, 0.3) is 0 Å². The highest BCUT2D eigenvalue weighted by atomic mass is 35.5. The molecule has 2 heterocycles. The number of benzene rings is 2. The van der Waals surface area contributed by atoms with Crippen LogP contribution in [0.3, 0.4) is 0 Å². The average molecular weight is 377 g/mol. The summed E-state index contributed by atoms with van der Waals surface area (Å²) in [7, 11) is 0. The van der Waals surface area contributed by atoms with Crippen molar-refractivity contribution >= 4 is 46.4 Å². The molecule has 0 radical (unpaired) electrons. The predicted octanol–water partition coefficient (Wildman–Crippen LogP) is 5.00. The molecule has 1 fully saturated rings. The van der Waals surface area contributed by atoms with Gasteiger partial charge in [0.1, 0.15) is 5.75 Å². The molecule has 1 N–H and O–H groups in total. The topological polar surface area (TPSA) is 24.5 Å². The highest BCUT2D eigenvalue weighted by molar-refractivity contribution is 7.98. The summed E-state index contributed by atoms with van der Waals surface area (Å²) in [4.78, 5) is 3.25. The molecule has 0 spiro atoms. The van der Waals surface area contributed by atoms with Crippen LogP contribution in [0.1, 0.15) is 24.9 Å². The van der Waals surface area contributed by atoms with E-state index >= 15 is 0 Å². The Morgan fingerprint density at radius 3 is 2.92 bits per heavy atom. The van der Waals surface area contributed by atoms with Crippen LogP contribution in [-0.4, -0.2) is 17.1 Å². The van der Waals surface area contributed by atoms with Crippen molar-refractivity contribution in [3.05, 3.63) is 53.1 Å². The molecule has 2 unspecified atom stereocenters. The minimum Gasteiger partial charge on any atom is -0.466 e. The molecule has 2 bridgehead atoms. The first kappa shape index (κ1) is 16.1. The maximum absolute atomic E-state index is 6.39. The van der Waals surface area contributed by atoms with Crippen LogP contribution >= 0.6 is 35.6 Å². The molecular formula is C18H17ClN2OS2. The molecule has 0 saturated carbocycles. The van der Waals surface area contributed by atoms with E-state index in [1.54, 1.807) is 11.8 Å². The minimum absolute atomic E-state index is 0.116. The van der Waals surface area contributed by atoms with E-state index in [0.29, 0.717) is 10.1 Å². The number of rotatable bonds is 2. The summed E-state index contributed by atoms with van der Waals surface area (Å²) in [5.41, 5.74) is 1.53. The Morgan fingerprint density at radius 2 is 2.12 bits per heavy atom. The van der Waals surface area contributed by atoms with Crippen LogP contribution in [0.4, 0.5) is 5.69 Å². The number of thiocarbonyl (C=S) groups is 1. The second kappa shape index (κ2) is 5.83. The van der Waals surface area contributed by atoms with Crippen LogP contribution in [0.15, 0.2) is 47.4 Å². The van der Waals surface area contributed by atoms with Crippen LogP contribution < -0.4 is 15.0 Å². The molecule has 1 saturated heterocycles. The lowest BCUT2D eigenvalue weighted by molar-refractivity contribution is 0.0498. The summed E-state index contributed by atoms with van der Waals surface area (Å²) in [6.45, 7) is 2.07. The molecule has 2 atom stereocenters. The van der Waals surface area contributed by atoms with E-state index in [-0.39, 0.29) is 6.04 Å². The van der Waals surface area contributed by atoms with E-state index in [4.69, 9.17) is 28.6 Å². The van der Waals surface area contributed by atoms with Crippen molar-refractivity contribution in [1.82, 2.24) is 5.32 Å². The van der Waals surface area contributed by atoms with Crippen molar-refractivity contribution in [2.45, 2.75) is 30.0 Å². The molecular weight excluding hydrogens is 360 g/mol. The number of hydrogen-bond acceptors (Lipinski definition) is 3. The number of ether oxygens (including phenoxy) is 1. The lowest BCUT2D eigenvalue weighted by Crippen LogP contribution is -2.65. The Hall–Kier alpha value is -1.43. The number of thioether (sulfide) groups is 1. The Kier molecular flexibility index (Phi) is 3.90. The number of hydrogen-bond donors (Lipinski definition) is 1. The van der Waals surface area contributed by atoms with Gasteiger partial charge < -0.3 is 10.1 Å². The van der Waals surface area contributed by atoms with Gasteiger partial charge in [-0.15, -0.1) is 11.8 Å². The van der Waals surface area contributed by atoms with Crippen LogP contribution in [0.2, 0.25) is 5.02 Å². The molecule has 0 aliphatic carbocycles. The molecule has 0 aromatic heterocycles. The number of anilines is 1. The van der Waals surface area contributed by atoms with E-state index in [1.165, 1.54) is 4.90 Å². The molecule has 2 aromatic rings. The van der Waals surface area contributed by atoms with E-state index in [9.17, 15) is 0 Å². The number of para-hydroxylation sites is 1. The quantitative estimate of drug-likeness (QED) is 0.587. The summed E-state index contributed by atoms with van der Waals surface area (Å²) in [5.74, 6) is 0.749. The molecule has 3 nitrogen and oxygen atoms in total. The van der Waals surface area contributed by atoms with Crippen LogP contribution in [0, 0.1) is 0 Å². The number of halogens is 1. The Bertz CT molecular complexity index is 828. The fraction of sp³-hybridized carbons (Fsp3) is 0.278. The normalized spacial score (nSPS) is 24.9. The van der Waals surface area contributed by atoms with E-state index < -0.39 is 5.72 Å². The van der Waals surface area contributed by atoms with Crippen molar-refractivity contribution in [3.63, 3.8) is 0 Å². The van der Waals surface area contributed by atoms with Gasteiger partial charge in [-0.2, -0.15) is 0 Å². The van der Waals surface area contributed by atoms with Crippen molar-refractivity contribution in [1.29, 1.82) is 0 Å². The molecule has 2 aromatic carbocycles. The van der Waals surface area contributed by atoms with Gasteiger partial charge in [-0.3, -0.25) is 4.90 Å². The third-order valence-corrected chi connectivity index (χ3v) is 5.89. The zero-order chi connectivity index (χ0) is 16.9. The first-order chi connectivity index (χ1) is 11.5. The minimum atomic E-state index is -0.567. The highest BCUT2D eigenvalue weighted by Crippen LogP contribution is 2.48. The standard InChI is InChI=1S/C18H17ClN2OS2/c1-18-10-15(13-7-4-8-14(19)16(13)22-18)20-17(23)21(18)11-5-3-6-12(9-11)24-2/h3-9,15H,10H2,1-2H3,(H,20,23). The Morgan fingerprint density at radius 1 is 1.33 bits per heavy atom. The SMILES string of the molecule is CSc1cccc(N2C(=S)NC3CC2(C)Oc2c(Cl)cccc23)c1. The molecule has 124 valence electrons. The molecule has 2 aliphatic rings. The van der Waals surface area contributed by atoms with Crippen molar-refractivity contribution in [3.8, 4) is 5.75 Å². The monoisotopic (exact) mass is 376 g/mol. The lowest BCUT2D eigenvalue weighted by atomic mass is 9.90. The second-order valence-electron chi connectivity index (χ2n) is 6.18. The Labute approximate surface area is 156 Å². The highest BCUT2D eigenvalue weighted by Gasteiger charge is 2.48. The molecule has 2 aliphatic heterocycles. The summed E-state index contributed by atoms with van der Waals surface area (Å²) in [6.07, 6.45) is 2.86.